The number of pyridine rings is 2. The monoisotopic (exact) mass is 307 g/mol. The summed E-state index contributed by atoms with van der Waals surface area (Å²) < 4.78 is 13.1. The van der Waals surface area contributed by atoms with Gasteiger partial charge in [0.25, 0.3) is 0 Å². The molecule has 0 aliphatic heterocycles. The third kappa shape index (κ3) is 2.17. The Bertz CT molecular complexity index is 801. The van der Waals surface area contributed by atoms with E-state index in [9.17, 15) is 4.39 Å². The summed E-state index contributed by atoms with van der Waals surface area (Å²) >= 11 is 12.3. The van der Waals surface area contributed by atoms with Gasteiger partial charge in [-0.15, -0.1) is 0 Å². The highest BCUT2D eigenvalue weighted by Crippen LogP contribution is 2.38. The molecule has 0 spiro atoms. The fraction of sp³-hybridized carbons (Fsp3) is 0. The van der Waals surface area contributed by atoms with Gasteiger partial charge in [0, 0.05) is 28.8 Å². The van der Waals surface area contributed by atoms with Gasteiger partial charge in [0.1, 0.15) is 5.82 Å². The summed E-state index contributed by atoms with van der Waals surface area (Å²) in [7, 11) is 0. The first-order valence-electron chi connectivity index (χ1n) is 5.72. The van der Waals surface area contributed by atoms with E-state index in [0.29, 0.717) is 32.1 Å². The molecule has 0 saturated heterocycles. The Balaban J connectivity index is 2.32. The normalized spacial score (nSPS) is 10.9. The van der Waals surface area contributed by atoms with Crippen molar-refractivity contribution < 1.29 is 4.39 Å². The maximum Gasteiger partial charge on any atom is 0.214 e. The quantitative estimate of drug-likeness (QED) is 0.681. The second-order valence-electron chi connectivity index (χ2n) is 4.22. The van der Waals surface area contributed by atoms with E-state index >= 15 is 0 Å². The SMILES string of the molecule is Nc1nc2cc(F)ncc2cc1-c1c(Cl)cccc1Cl. The lowest BCUT2D eigenvalue weighted by Gasteiger charge is -2.10. The number of halogens is 3. The molecule has 0 fully saturated rings. The Morgan fingerprint density at radius 2 is 1.80 bits per heavy atom. The van der Waals surface area contributed by atoms with Crippen LogP contribution in [-0.2, 0) is 0 Å². The summed E-state index contributed by atoms with van der Waals surface area (Å²) in [6.07, 6.45) is 1.39. The van der Waals surface area contributed by atoms with Crippen LogP contribution in [0.1, 0.15) is 0 Å². The molecule has 1 aromatic carbocycles. The fourth-order valence-electron chi connectivity index (χ4n) is 2.01. The topological polar surface area (TPSA) is 51.8 Å². The predicted molar refractivity (Wildman–Crippen MR) is 79.4 cm³/mol. The van der Waals surface area contributed by atoms with Gasteiger partial charge in [-0.1, -0.05) is 29.3 Å². The van der Waals surface area contributed by atoms with Crippen molar-refractivity contribution in [2.24, 2.45) is 0 Å². The van der Waals surface area contributed by atoms with Gasteiger partial charge in [-0.3, -0.25) is 0 Å². The number of nitrogens with zero attached hydrogens (tertiary/aromatic N) is 2. The van der Waals surface area contributed by atoms with Crippen molar-refractivity contribution in [3.05, 3.63) is 52.5 Å². The lowest BCUT2D eigenvalue weighted by atomic mass is 10.0. The molecule has 0 amide bonds. The molecule has 0 saturated carbocycles. The van der Waals surface area contributed by atoms with Crippen molar-refractivity contribution in [2.45, 2.75) is 0 Å². The highest BCUT2D eigenvalue weighted by Gasteiger charge is 2.13. The predicted octanol–water partition coefficient (Wildman–Crippen LogP) is 4.32. The van der Waals surface area contributed by atoms with Crippen LogP contribution in [0.3, 0.4) is 0 Å². The minimum absolute atomic E-state index is 0.234. The Morgan fingerprint density at radius 1 is 1.10 bits per heavy atom. The van der Waals surface area contributed by atoms with E-state index in [1.54, 1.807) is 24.3 Å². The third-order valence-corrected chi connectivity index (χ3v) is 3.56. The van der Waals surface area contributed by atoms with Gasteiger partial charge in [-0.25, -0.2) is 9.97 Å². The molecule has 3 nitrogen and oxygen atoms in total. The minimum atomic E-state index is -0.604. The number of hydrogen-bond acceptors (Lipinski definition) is 3. The number of anilines is 1. The van der Waals surface area contributed by atoms with Crippen molar-refractivity contribution in [1.82, 2.24) is 9.97 Å². The number of fused-ring (bicyclic) bond motifs is 1. The lowest BCUT2D eigenvalue weighted by molar-refractivity contribution is 0.586. The molecule has 0 aliphatic carbocycles. The maximum atomic E-state index is 13.1. The van der Waals surface area contributed by atoms with Crippen molar-refractivity contribution in [2.75, 3.05) is 5.73 Å². The first-order valence-corrected chi connectivity index (χ1v) is 6.48. The van der Waals surface area contributed by atoms with Crippen molar-refractivity contribution in [3.8, 4) is 11.1 Å². The van der Waals surface area contributed by atoms with Crippen LogP contribution in [0, 0.1) is 5.95 Å². The fourth-order valence-corrected chi connectivity index (χ4v) is 2.61. The molecule has 0 bridgehead atoms. The van der Waals surface area contributed by atoms with E-state index in [1.165, 1.54) is 12.3 Å². The van der Waals surface area contributed by atoms with E-state index in [-0.39, 0.29) is 5.82 Å². The van der Waals surface area contributed by atoms with Gasteiger partial charge < -0.3 is 5.73 Å². The minimum Gasteiger partial charge on any atom is -0.383 e. The summed E-state index contributed by atoms with van der Waals surface area (Å²) in [6, 6.07) is 8.15. The van der Waals surface area contributed by atoms with Crippen LogP contribution in [0.25, 0.3) is 22.0 Å². The molecule has 3 aromatic rings. The number of nitrogens with two attached hydrogens (primary N) is 1. The van der Waals surface area contributed by atoms with Gasteiger partial charge >= 0.3 is 0 Å². The van der Waals surface area contributed by atoms with Crippen LogP contribution in [0.4, 0.5) is 10.2 Å². The van der Waals surface area contributed by atoms with Gasteiger partial charge in [0.15, 0.2) is 0 Å². The van der Waals surface area contributed by atoms with Gasteiger partial charge in [-0.2, -0.15) is 4.39 Å². The summed E-state index contributed by atoms with van der Waals surface area (Å²) in [5.74, 6) is -0.369. The standard InChI is InChI=1S/C14H8Cl2FN3/c15-9-2-1-3-10(16)13(9)8-4-7-6-19-12(17)5-11(7)20-14(8)18/h1-6H,(H2,18,20). The van der Waals surface area contributed by atoms with Crippen LogP contribution >= 0.6 is 23.2 Å². The second kappa shape index (κ2) is 4.89. The van der Waals surface area contributed by atoms with Crippen molar-refractivity contribution in [3.63, 3.8) is 0 Å². The zero-order valence-corrected chi connectivity index (χ0v) is 11.6. The average molecular weight is 308 g/mol. The first-order chi connectivity index (χ1) is 9.56. The van der Waals surface area contributed by atoms with Crippen LogP contribution < -0.4 is 5.73 Å². The Labute approximate surface area is 124 Å². The van der Waals surface area contributed by atoms with E-state index in [2.05, 4.69) is 9.97 Å². The van der Waals surface area contributed by atoms with Crippen LogP contribution in [0.15, 0.2) is 36.5 Å². The van der Waals surface area contributed by atoms with Crippen LogP contribution in [-0.4, -0.2) is 9.97 Å². The Morgan fingerprint density at radius 3 is 2.50 bits per heavy atom. The average Bonchev–Trinajstić information content (AvgIpc) is 2.39. The van der Waals surface area contributed by atoms with Crippen LogP contribution in [0.5, 0.6) is 0 Å². The third-order valence-electron chi connectivity index (χ3n) is 2.93. The number of aromatic nitrogens is 2. The molecule has 0 radical (unpaired) electrons. The van der Waals surface area contributed by atoms with E-state index in [1.807, 2.05) is 0 Å². The molecule has 20 heavy (non-hydrogen) atoms. The highest BCUT2D eigenvalue weighted by atomic mass is 35.5. The summed E-state index contributed by atoms with van der Waals surface area (Å²) in [5.41, 5.74) is 7.57. The molecule has 100 valence electrons. The number of rotatable bonds is 1. The summed E-state index contributed by atoms with van der Waals surface area (Å²) in [6.45, 7) is 0. The van der Waals surface area contributed by atoms with E-state index in [4.69, 9.17) is 28.9 Å². The van der Waals surface area contributed by atoms with Gasteiger partial charge in [-0.05, 0) is 18.2 Å². The number of nitrogen functional groups attached to an aromatic ring is 1. The molecule has 3 rings (SSSR count). The number of benzene rings is 1. The molecular weight excluding hydrogens is 300 g/mol. The van der Waals surface area contributed by atoms with Crippen molar-refractivity contribution >= 4 is 39.9 Å². The molecule has 0 aliphatic rings. The Hall–Kier alpha value is -1.91. The molecule has 2 heterocycles. The molecule has 6 heteroatoms. The zero-order chi connectivity index (χ0) is 14.3. The lowest BCUT2D eigenvalue weighted by Crippen LogP contribution is -1.97. The van der Waals surface area contributed by atoms with Crippen molar-refractivity contribution in [1.29, 1.82) is 0 Å². The molecular formula is C14H8Cl2FN3. The molecule has 2 aromatic heterocycles. The van der Waals surface area contributed by atoms with E-state index < -0.39 is 5.95 Å². The van der Waals surface area contributed by atoms with E-state index in [0.717, 1.165) is 0 Å². The molecule has 0 atom stereocenters. The van der Waals surface area contributed by atoms with Gasteiger partial charge in [0.2, 0.25) is 5.95 Å². The van der Waals surface area contributed by atoms with Gasteiger partial charge in [0.05, 0.1) is 15.6 Å². The smallest absolute Gasteiger partial charge is 0.214 e. The summed E-state index contributed by atoms with van der Waals surface area (Å²) in [5, 5.41) is 1.60. The van der Waals surface area contributed by atoms with Crippen LogP contribution in [0.2, 0.25) is 10.0 Å². The second-order valence-corrected chi connectivity index (χ2v) is 5.03. The number of hydrogen-bond donors (Lipinski definition) is 1. The maximum absolute atomic E-state index is 13.1. The summed E-state index contributed by atoms with van der Waals surface area (Å²) in [4.78, 5) is 7.78. The first kappa shape index (κ1) is 13.1. The Kier molecular flexibility index (Phi) is 3.20. The zero-order valence-electron chi connectivity index (χ0n) is 10.1. The highest BCUT2D eigenvalue weighted by molar-refractivity contribution is 6.39. The molecule has 0 unspecified atom stereocenters. The largest absolute Gasteiger partial charge is 0.383 e. The molecule has 2 N–H and O–H groups in total.